The van der Waals surface area contributed by atoms with Gasteiger partial charge < -0.3 is 14.4 Å². The van der Waals surface area contributed by atoms with Gasteiger partial charge in [-0.1, -0.05) is 12.1 Å². The highest BCUT2D eigenvalue weighted by molar-refractivity contribution is 7.90. The van der Waals surface area contributed by atoms with Crippen molar-refractivity contribution in [2.75, 3.05) is 29.7 Å². The van der Waals surface area contributed by atoms with E-state index < -0.39 is 15.9 Å². The molecule has 1 aliphatic rings. The van der Waals surface area contributed by atoms with Crippen molar-refractivity contribution < 1.29 is 27.5 Å². The fourth-order valence-corrected chi connectivity index (χ4v) is 4.47. The van der Waals surface area contributed by atoms with E-state index in [-0.39, 0.29) is 29.5 Å². The number of nitrogens with zero attached hydrogens (tertiary/aromatic N) is 2. The molecule has 0 unspecified atom stereocenters. The summed E-state index contributed by atoms with van der Waals surface area (Å²) in [6.45, 7) is 7.17. The van der Waals surface area contributed by atoms with Crippen molar-refractivity contribution >= 4 is 33.2 Å². The molecule has 0 aliphatic carbocycles. The molecule has 9 heteroatoms. The average molecular weight is 461 g/mol. The molecule has 0 saturated heterocycles. The number of hydrogen-bond acceptors (Lipinski definition) is 6. The lowest BCUT2D eigenvalue weighted by atomic mass is 9.99. The summed E-state index contributed by atoms with van der Waals surface area (Å²) in [5, 5.41) is 0. The smallest absolute Gasteiger partial charge is 0.414 e. The lowest BCUT2D eigenvalue weighted by molar-refractivity contribution is -0.117. The number of methoxy groups -OCH3 is 1. The Hall–Kier alpha value is -3.07. The predicted molar refractivity (Wildman–Crippen MR) is 123 cm³/mol. The first-order valence-corrected chi connectivity index (χ1v) is 12.1. The fraction of sp³-hybridized carbons (Fsp3) is 0.391. The topological polar surface area (TPSA) is 93.2 Å². The summed E-state index contributed by atoms with van der Waals surface area (Å²) in [4.78, 5) is 28.6. The first-order valence-electron chi connectivity index (χ1n) is 10.2. The maximum Gasteiger partial charge on any atom is 0.414 e. The van der Waals surface area contributed by atoms with E-state index in [4.69, 9.17) is 9.47 Å². The van der Waals surface area contributed by atoms with Crippen LogP contribution in [-0.2, 0) is 19.4 Å². The molecule has 0 N–H and O–H groups in total. The van der Waals surface area contributed by atoms with Crippen LogP contribution in [0.2, 0.25) is 0 Å². The minimum Gasteiger partial charge on any atom is -0.496 e. The normalized spacial score (nSPS) is 16.0. The highest BCUT2D eigenvalue weighted by Gasteiger charge is 2.36. The quantitative estimate of drug-likeness (QED) is 0.688. The van der Waals surface area contributed by atoms with Crippen molar-refractivity contribution in [2.45, 2.75) is 44.7 Å². The SMILES string of the molecule is COc1cc2c(cc1-c1ccc(S(C)(=O)=O)cc1)N(C(=O)OC(C)C)C[C@H](C)N2C(C)=O. The largest absolute Gasteiger partial charge is 0.496 e. The maximum atomic E-state index is 12.9. The van der Waals surface area contributed by atoms with E-state index in [2.05, 4.69) is 0 Å². The molecule has 1 atom stereocenters. The van der Waals surface area contributed by atoms with Gasteiger partial charge in [0.05, 0.1) is 35.5 Å². The summed E-state index contributed by atoms with van der Waals surface area (Å²) in [5.74, 6) is 0.344. The van der Waals surface area contributed by atoms with Crippen LogP contribution >= 0.6 is 0 Å². The summed E-state index contributed by atoms with van der Waals surface area (Å²) in [5.41, 5.74) is 2.44. The van der Waals surface area contributed by atoms with Crippen LogP contribution in [-0.4, -0.2) is 52.5 Å². The van der Waals surface area contributed by atoms with Gasteiger partial charge in [-0.25, -0.2) is 13.2 Å². The Morgan fingerprint density at radius 2 is 1.72 bits per heavy atom. The Kier molecular flexibility index (Phi) is 6.50. The number of carbonyl (C=O) groups excluding carboxylic acids is 2. The molecule has 32 heavy (non-hydrogen) atoms. The monoisotopic (exact) mass is 460 g/mol. The molecule has 172 valence electrons. The third-order valence-corrected chi connectivity index (χ3v) is 6.35. The van der Waals surface area contributed by atoms with E-state index >= 15 is 0 Å². The van der Waals surface area contributed by atoms with Gasteiger partial charge in [0.1, 0.15) is 5.75 Å². The van der Waals surface area contributed by atoms with Crippen molar-refractivity contribution in [1.82, 2.24) is 0 Å². The highest BCUT2D eigenvalue weighted by Crippen LogP contribution is 2.44. The molecule has 2 aromatic rings. The predicted octanol–water partition coefficient (Wildman–Crippen LogP) is 3.87. The number of amides is 2. The number of sulfone groups is 1. The minimum absolute atomic E-state index is 0.150. The lowest BCUT2D eigenvalue weighted by Gasteiger charge is -2.40. The number of anilines is 2. The van der Waals surface area contributed by atoms with Gasteiger partial charge in [-0.2, -0.15) is 0 Å². The maximum absolute atomic E-state index is 12.9. The van der Waals surface area contributed by atoms with Crippen LogP contribution in [0, 0.1) is 0 Å². The second-order valence-corrected chi connectivity index (χ2v) is 10.1. The number of rotatable bonds is 4. The molecular weight excluding hydrogens is 432 g/mol. The molecule has 2 aromatic carbocycles. The van der Waals surface area contributed by atoms with Gasteiger partial charge in [0.2, 0.25) is 5.91 Å². The van der Waals surface area contributed by atoms with E-state index in [1.54, 1.807) is 43.0 Å². The lowest BCUT2D eigenvalue weighted by Crippen LogP contribution is -2.51. The summed E-state index contributed by atoms with van der Waals surface area (Å²) >= 11 is 0. The fourth-order valence-electron chi connectivity index (χ4n) is 3.84. The summed E-state index contributed by atoms with van der Waals surface area (Å²) in [7, 11) is -1.81. The molecule has 8 nitrogen and oxygen atoms in total. The Morgan fingerprint density at radius 3 is 2.22 bits per heavy atom. The Morgan fingerprint density at radius 1 is 1.09 bits per heavy atom. The molecule has 0 saturated carbocycles. The molecule has 0 fully saturated rings. The minimum atomic E-state index is -3.33. The first-order chi connectivity index (χ1) is 14.9. The Labute approximate surface area is 188 Å². The molecule has 2 amide bonds. The van der Waals surface area contributed by atoms with Crippen molar-refractivity contribution in [3.05, 3.63) is 36.4 Å². The van der Waals surface area contributed by atoms with E-state index in [9.17, 15) is 18.0 Å². The number of carbonyl (C=O) groups is 2. The Bertz CT molecular complexity index is 1140. The van der Waals surface area contributed by atoms with E-state index in [0.29, 0.717) is 28.3 Å². The molecule has 0 bridgehead atoms. The van der Waals surface area contributed by atoms with Crippen LogP contribution in [0.4, 0.5) is 16.2 Å². The second-order valence-electron chi connectivity index (χ2n) is 8.12. The highest BCUT2D eigenvalue weighted by atomic mass is 32.2. The molecule has 1 aliphatic heterocycles. The number of ether oxygens (including phenoxy) is 2. The van der Waals surface area contributed by atoms with Crippen LogP contribution < -0.4 is 14.5 Å². The van der Waals surface area contributed by atoms with E-state index in [0.717, 1.165) is 6.26 Å². The van der Waals surface area contributed by atoms with Crippen LogP contribution in [0.15, 0.2) is 41.3 Å². The van der Waals surface area contributed by atoms with Crippen LogP contribution in [0.5, 0.6) is 5.75 Å². The van der Waals surface area contributed by atoms with Crippen molar-refractivity contribution in [3.8, 4) is 16.9 Å². The summed E-state index contributed by atoms with van der Waals surface area (Å²) < 4.78 is 34.7. The molecule has 0 aromatic heterocycles. The molecule has 1 heterocycles. The van der Waals surface area contributed by atoms with Gasteiger partial charge >= 0.3 is 6.09 Å². The molecule has 3 rings (SSSR count). The standard InChI is InChI=1S/C23H28N2O6S/c1-14(2)31-23(27)24-13-15(3)25(16(4)26)21-12-22(30-5)19(11-20(21)24)17-7-9-18(10-8-17)32(6,28)29/h7-12,14-15H,13H2,1-6H3/t15-/m0/s1. The van der Waals surface area contributed by atoms with Crippen molar-refractivity contribution in [3.63, 3.8) is 0 Å². The third kappa shape index (κ3) is 4.57. The van der Waals surface area contributed by atoms with Crippen molar-refractivity contribution in [2.24, 2.45) is 0 Å². The van der Waals surface area contributed by atoms with Gasteiger partial charge in [0.25, 0.3) is 0 Å². The van der Waals surface area contributed by atoms with Gasteiger partial charge in [-0.15, -0.1) is 0 Å². The van der Waals surface area contributed by atoms with Crippen LogP contribution in [0.3, 0.4) is 0 Å². The first kappa shape index (κ1) is 23.6. The zero-order valence-corrected chi connectivity index (χ0v) is 19.9. The Balaban J connectivity index is 2.20. The molecular formula is C23H28N2O6S. The van der Waals surface area contributed by atoms with Gasteiger partial charge in [0.15, 0.2) is 9.84 Å². The number of benzene rings is 2. The molecule has 0 spiro atoms. The van der Waals surface area contributed by atoms with E-state index in [1.165, 1.54) is 31.1 Å². The second kappa shape index (κ2) is 8.82. The zero-order valence-electron chi connectivity index (χ0n) is 19.1. The summed E-state index contributed by atoms with van der Waals surface area (Å²) in [6.07, 6.45) is 0.352. The number of fused-ring (bicyclic) bond motifs is 1. The van der Waals surface area contributed by atoms with Gasteiger partial charge in [-0.05, 0) is 44.5 Å². The average Bonchev–Trinajstić information content (AvgIpc) is 2.70. The summed E-state index contributed by atoms with van der Waals surface area (Å²) in [6, 6.07) is 9.66. The third-order valence-electron chi connectivity index (χ3n) is 5.22. The van der Waals surface area contributed by atoms with Crippen molar-refractivity contribution in [1.29, 1.82) is 0 Å². The van der Waals surface area contributed by atoms with E-state index in [1.807, 2.05) is 6.92 Å². The van der Waals surface area contributed by atoms with Crippen LogP contribution in [0.25, 0.3) is 11.1 Å². The van der Waals surface area contributed by atoms with Gasteiger partial charge in [-0.3, -0.25) is 9.69 Å². The van der Waals surface area contributed by atoms with Crippen LogP contribution in [0.1, 0.15) is 27.7 Å². The van der Waals surface area contributed by atoms with Gasteiger partial charge in [0, 0.05) is 31.4 Å². The zero-order chi connectivity index (χ0) is 23.8. The molecule has 0 radical (unpaired) electrons. The number of hydrogen-bond donors (Lipinski definition) is 0.